The molecule has 0 spiro atoms. The van der Waals surface area contributed by atoms with E-state index in [0.717, 1.165) is 40.0 Å². The van der Waals surface area contributed by atoms with Crippen LogP contribution in [0.3, 0.4) is 0 Å². The van der Waals surface area contributed by atoms with Crippen LogP contribution in [0.5, 0.6) is 0 Å². The third-order valence-corrected chi connectivity index (χ3v) is 4.01. The Bertz CT molecular complexity index is 575. The lowest BCUT2D eigenvalue weighted by molar-refractivity contribution is 0.547. The Labute approximate surface area is 122 Å². The zero-order valence-electron chi connectivity index (χ0n) is 11.7. The van der Waals surface area contributed by atoms with E-state index in [1.54, 1.807) is 4.68 Å². The van der Waals surface area contributed by atoms with Gasteiger partial charge in [0.2, 0.25) is 0 Å². The Morgan fingerprint density at radius 3 is 2.79 bits per heavy atom. The molecule has 4 heteroatoms. The van der Waals surface area contributed by atoms with Crippen molar-refractivity contribution in [3.05, 3.63) is 34.4 Å². The first-order valence-corrected chi connectivity index (χ1v) is 7.39. The molecule has 3 nitrogen and oxygen atoms in total. The Balaban J connectivity index is 2.49. The number of aromatic nitrogens is 2. The van der Waals surface area contributed by atoms with Crippen LogP contribution in [0.1, 0.15) is 26.0 Å². The smallest absolute Gasteiger partial charge is 0.129 e. The lowest BCUT2D eigenvalue weighted by Crippen LogP contribution is -2.00. The fourth-order valence-electron chi connectivity index (χ4n) is 2.17. The summed E-state index contributed by atoms with van der Waals surface area (Å²) in [5.41, 5.74) is 9.47. The van der Waals surface area contributed by atoms with E-state index in [9.17, 15) is 0 Å². The molecule has 0 fully saturated rings. The van der Waals surface area contributed by atoms with Crippen LogP contribution in [0.25, 0.3) is 11.1 Å². The molecule has 1 aromatic carbocycles. The monoisotopic (exact) mass is 321 g/mol. The fourth-order valence-corrected chi connectivity index (χ4v) is 2.57. The van der Waals surface area contributed by atoms with Gasteiger partial charge in [0.05, 0.1) is 5.69 Å². The second kappa shape index (κ2) is 5.78. The molecule has 102 valence electrons. The summed E-state index contributed by atoms with van der Waals surface area (Å²) >= 11 is 3.51. The maximum absolute atomic E-state index is 6.19. The minimum atomic E-state index is 0.611. The Morgan fingerprint density at radius 1 is 1.42 bits per heavy atom. The lowest BCUT2D eigenvalue weighted by atomic mass is 9.97. The average Bonchev–Trinajstić information content (AvgIpc) is 2.64. The highest BCUT2D eigenvalue weighted by atomic mass is 79.9. The predicted octanol–water partition coefficient (Wildman–Crippen LogP) is 4.02. The van der Waals surface area contributed by atoms with Crippen LogP contribution in [0, 0.1) is 5.92 Å². The third kappa shape index (κ3) is 3.00. The minimum absolute atomic E-state index is 0.611. The van der Waals surface area contributed by atoms with Crippen LogP contribution in [-0.2, 0) is 13.5 Å². The normalized spacial score (nSPS) is 12.6. The standard InChI is InChI=1S/C15H20BrN3/c1-4-10(2)8-13-14(15(17)19(3)18-13)11-6-5-7-12(16)9-11/h5-7,9-10H,4,8,17H2,1-3H3. The van der Waals surface area contributed by atoms with Gasteiger partial charge in [0.1, 0.15) is 5.82 Å². The van der Waals surface area contributed by atoms with E-state index in [1.807, 2.05) is 19.2 Å². The number of benzene rings is 1. The maximum Gasteiger partial charge on any atom is 0.129 e. The van der Waals surface area contributed by atoms with Crippen molar-refractivity contribution in [2.75, 3.05) is 5.73 Å². The van der Waals surface area contributed by atoms with Crippen molar-refractivity contribution in [1.29, 1.82) is 0 Å². The number of aryl methyl sites for hydroxylation is 1. The zero-order valence-corrected chi connectivity index (χ0v) is 13.2. The lowest BCUT2D eigenvalue weighted by Gasteiger charge is -2.08. The summed E-state index contributed by atoms with van der Waals surface area (Å²) in [5.74, 6) is 1.34. The summed E-state index contributed by atoms with van der Waals surface area (Å²) < 4.78 is 2.83. The van der Waals surface area contributed by atoms with Crippen molar-refractivity contribution in [1.82, 2.24) is 9.78 Å². The number of nitrogen functional groups attached to an aromatic ring is 1. The zero-order chi connectivity index (χ0) is 14.0. The molecule has 0 bridgehead atoms. The van der Waals surface area contributed by atoms with Crippen molar-refractivity contribution in [3.8, 4) is 11.1 Å². The fraction of sp³-hybridized carbons (Fsp3) is 0.400. The second-order valence-corrected chi connectivity index (χ2v) is 5.97. The quantitative estimate of drug-likeness (QED) is 0.924. The number of halogens is 1. The number of anilines is 1. The van der Waals surface area contributed by atoms with Gasteiger partial charge < -0.3 is 5.73 Å². The summed E-state index contributed by atoms with van der Waals surface area (Å²) in [6.07, 6.45) is 2.11. The largest absolute Gasteiger partial charge is 0.383 e. The number of nitrogens with two attached hydrogens (primary N) is 1. The molecule has 2 N–H and O–H groups in total. The van der Waals surface area contributed by atoms with Crippen LogP contribution in [0.2, 0.25) is 0 Å². The Kier molecular flexibility index (Phi) is 4.30. The summed E-state index contributed by atoms with van der Waals surface area (Å²) in [7, 11) is 1.90. The summed E-state index contributed by atoms with van der Waals surface area (Å²) in [4.78, 5) is 0. The van der Waals surface area contributed by atoms with Gasteiger partial charge >= 0.3 is 0 Å². The van der Waals surface area contributed by atoms with Gasteiger partial charge in [-0.05, 0) is 30.0 Å². The number of hydrogen-bond acceptors (Lipinski definition) is 2. The summed E-state index contributed by atoms with van der Waals surface area (Å²) in [5, 5.41) is 4.58. The van der Waals surface area contributed by atoms with Crippen molar-refractivity contribution >= 4 is 21.7 Å². The van der Waals surface area contributed by atoms with Crippen LogP contribution in [-0.4, -0.2) is 9.78 Å². The van der Waals surface area contributed by atoms with Crippen molar-refractivity contribution in [2.24, 2.45) is 13.0 Å². The van der Waals surface area contributed by atoms with Crippen molar-refractivity contribution in [3.63, 3.8) is 0 Å². The first-order chi connectivity index (χ1) is 9.02. The molecule has 0 aliphatic heterocycles. The van der Waals surface area contributed by atoms with E-state index in [2.05, 4.69) is 47.0 Å². The van der Waals surface area contributed by atoms with Gasteiger partial charge in [-0.2, -0.15) is 5.10 Å². The molecule has 1 heterocycles. The molecule has 0 saturated carbocycles. The van der Waals surface area contributed by atoms with Gasteiger partial charge in [0.15, 0.2) is 0 Å². The van der Waals surface area contributed by atoms with E-state index in [4.69, 9.17) is 5.73 Å². The molecule has 19 heavy (non-hydrogen) atoms. The van der Waals surface area contributed by atoms with Gasteiger partial charge in [0, 0.05) is 17.1 Å². The van der Waals surface area contributed by atoms with Gasteiger partial charge in [0.25, 0.3) is 0 Å². The van der Waals surface area contributed by atoms with Crippen LogP contribution in [0.15, 0.2) is 28.7 Å². The highest BCUT2D eigenvalue weighted by Gasteiger charge is 2.17. The highest BCUT2D eigenvalue weighted by molar-refractivity contribution is 9.10. The maximum atomic E-state index is 6.19. The number of rotatable bonds is 4. The molecule has 1 aromatic heterocycles. The van der Waals surface area contributed by atoms with E-state index < -0.39 is 0 Å². The third-order valence-electron chi connectivity index (χ3n) is 3.52. The summed E-state index contributed by atoms with van der Waals surface area (Å²) in [6.45, 7) is 4.45. The van der Waals surface area contributed by atoms with Crippen LogP contribution >= 0.6 is 15.9 Å². The molecule has 1 unspecified atom stereocenters. The van der Waals surface area contributed by atoms with Gasteiger partial charge in [-0.25, -0.2) is 0 Å². The van der Waals surface area contributed by atoms with Crippen molar-refractivity contribution in [2.45, 2.75) is 26.7 Å². The second-order valence-electron chi connectivity index (χ2n) is 5.06. The molecule has 2 rings (SSSR count). The minimum Gasteiger partial charge on any atom is -0.383 e. The first-order valence-electron chi connectivity index (χ1n) is 6.60. The molecule has 0 amide bonds. The first kappa shape index (κ1) is 14.1. The molecule has 1 atom stereocenters. The average molecular weight is 322 g/mol. The Hall–Kier alpha value is -1.29. The molecular weight excluding hydrogens is 302 g/mol. The van der Waals surface area contributed by atoms with E-state index in [1.165, 1.54) is 0 Å². The molecule has 0 aliphatic carbocycles. The van der Waals surface area contributed by atoms with Crippen LogP contribution in [0.4, 0.5) is 5.82 Å². The van der Waals surface area contributed by atoms with Gasteiger partial charge in [-0.3, -0.25) is 4.68 Å². The topological polar surface area (TPSA) is 43.8 Å². The molecule has 0 radical (unpaired) electrons. The van der Waals surface area contributed by atoms with E-state index in [0.29, 0.717) is 5.92 Å². The number of hydrogen-bond donors (Lipinski definition) is 1. The van der Waals surface area contributed by atoms with Gasteiger partial charge in [-0.1, -0.05) is 48.3 Å². The SMILES string of the molecule is CCC(C)Cc1nn(C)c(N)c1-c1cccc(Br)c1. The Morgan fingerprint density at radius 2 is 2.16 bits per heavy atom. The summed E-state index contributed by atoms with van der Waals surface area (Å²) in [6, 6.07) is 8.22. The molecule has 0 aliphatic rings. The van der Waals surface area contributed by atoms with Crippen LogP contribution < -0.4 is 5.73 Å². The molecular formula is C15H20BrN3. The molecule has 2 aromatic rings. The van der Waals surface area contributed by atoms with Gasteiger partial charge in [-0.15, -0.1) is 0 Å². The number of nitrogens with zero attached hydrogens (tertiary/aromatic N) is 2. The van der Waals surface area contributed by atoms with E-state index in [-0.39, 0.29) is 0 Å². The van der Waals surface area contributed by atoms with E-state index >= 15 is 0 Å². The van der Waals surface area contributed by atoms with Crippen molar-refractivity contribution < 1.29 is 0 Å². The predicted molar refractivity (Wildman–Crippen MR) is 83.9 cm³/mol. The molecule has 0 saturated heterocycles. The highest BCUT2D eigenvalue weighted by Crippen LogP contribution is 2.32.